The van der Waals surface area contributed by atoms with Crippen molar-refractivity contribution in [3.8, 4) is 0 Å². The minimum absolute atomic E-state index is 0.265. The Morgan fingerprint density at radius 2 is 2.19 bits per heavy atom. The first-order valence-electron chi connectivity index (χ1n) is 5.52. The molecule has 88 valence electrons. The molecule has 4 heteroatoms. The Labute approximate surface area is 95.8 Å². The number of hydrogen-bond acceptors (Lipinski definition) is 1. The van der Waals surface area contributed by atoms with Crippen LogP contribution in [0.4, 0.5) is 10.1 Å². The molecule has 0 aromatic heterocycles. The highest BCUT2D eigenvalue weighted by molar-refractivity contribution is 5.94. The second kappa shape index (κ2) is 6.10. The van der Waals surface area contributed by atoms with Gasteiger partial charge in [-0.1, -0.05) is 13.0 Å². The molecule has 1 aromatic rings. The summed E-state index contributed by atoms with van der Waals surface area (Å²) in [5.41, 5.74) is 6.59. The van der Waals surface area contributed by atoms with Crippen molar-refractivity contribution in [2.75, 3.05) is 18.0 Å². The van der Waals surface area contributed by atoms with E-state index < -0.39 is 0 Å². The van der Waals surface area contributed by atoms with Crippen LogP contribution in [0.15, 0.2) is 29.3 Å². The van der Waals surface area contributed by atoms with Crippen LogP contribution in [0.25, 0.3) is 0 Å². The molecule has 0 spiro atoms. The Morgan fingerprint density at radius 1 is 1.44 bits per heavy atom. The molecule has 0 bridgehead atoms. The molecule has 0 amide bonds. The zero-order chi connectivity index (χ0) is 12.0. The molecule has 0 aliphatic rings. The molecular formula is C12H18FN3. The highest BCUT2D eigenvalue weighted by Gasteiger charge is 2.08. The predicted octanol–water partition coefficient (Wildman–Crippen LogP) is 2.38. The van der Waals surface area contributed by atoms with E-state index in [0.717, 1.165) is 12.1 Å². The number of guanidine groups is 1. The average molecular weight is 223 g/mol. The quantitative estimate of drug-likeness (QED) is 0.629. The molecule has 0 unspecified atom stereocenters. The summed E-state index contributed by atoms with van der Waals surface area (Å²) in [6.07, 6.45) is 0.946. The van der Waals surface area contributed by atoms with E-state index in [4.69, 9.17) is 5.73 Å². The van der Waals surface area contributed by atoms with E-state index in [2.05, 4.69) is 4.99 Å². The van der Waals surface area contributed by atoms with Gasteiger partial charge >= 0.3 is 0 Å². The van der Waals surface area contributed by atoms with Crippen LogP contribution in [0.3, 0.4) is 0 Å². The summed E-state index contributed by atoms with van der Waals surface area (Å²) in [5.74, 6) is 0.175. The highest BCUT2D eigenvalue weighted by Crippen LogP contribution is 2.14. The van der Waals surface area contributed by atoms with Gasteiger partial charge in [-0.25, -0.2) is 4.39 Å². The van der Waals surface area contributed by atoms with E-state index in [-0.39, 0.29) is 5.82 Å². The highest BCUT2D eigenvalue weighted by atomic mass is 19.1. The summed E-state index contributed by atoms with van der Waals surface area (Å²) in [6.45, 7) is 5.36. The van der Waals surface area contributed by atoms with Gasteiger partial charge in [0, 0.05) is 18.8 Å². The molecule has 0 atom stereocenters. The maximum Gasteiger partial charge on any atom is 0.195 e. The summed E-state index contributed by atoms with van der Waals surface area (Å²) in [4.78, 5) is 6.01. The van der Waals surface area contributed by atoms with Crippen molar-refractivity contribution in [1.29, 1.82) is 0 Å². The van der Waals surface area contributed by atoms with Crippen LogP contribution in [0.2, 0.25) is 0 Å². The fraction of sp³-hybridized carbons (Fsp3) is 0.417. The van der Waals surface area contributed by atoms with E-state index in [1.54, 1.807) is 11.0 Å². The van der Waals surface area contributed by atoms with Crippen LogP contribution in [-0.4, -0.2) is 19.0 Å². The Hall–Kier alpha value is -1.58. The first kappa shape index (κ1) is 12.5. The number of benzene rings is 1. The fourth-order valence-electron chi connectivity index (χ4n) is 1.43. The van der Waals surface area contributed by atoms with Crippen LogP contribution < -0.4 is 10.6 Å². The van der Waals surface area contributed by atoms with E-state index in [1.165, 1.54) is 12.1 Å². The number of nitrogens with two attached hydrogens (primary N) is 1. The summed E-state index contributed by atoms with van der Waals surface area (Å²) in [7, 11) is 0. The van der Waals surface area contributed by atoms with E-state index in [0.29, 0.717) is 19.0 Å². The van der Waals surface area contributed by atoms with Gasteiger partial charge in [0.2, 0.25) is 0 Å². The number of anilines is 1. The molecule has 0 aliphatic heterocycles. The number of hydrogen-bond donors (Lipinski definition) is 1. The Kier molecular flexibility index (Phi) is 4.76. The second-order valence-corrected chi connectivity index (χ2v) is 3.46. The Balaban J connectivity index is 2.89. The molecule has 2 N–H and O–H groups in total. The van der Waals surface area contributed by atoms with Crippen LogP contribution in [0.5, 0.6) is 0 Å². The fourth-order valence-corrected chi connectivity index (χ4v) is 1.43. The van der Waals surface area contributed by atoms with Gasteiger partial charge < -0.3 is 10.6 Å². The van der Waals surface area contributed by atoms with Crippen molar-refractivity contribution in [3.05, 3.63) is 30.1 Å². The van der Waals surface area contributed by atoms with Gasteiger partial charge in [-0.15, -0.1) is 0 Å². The lowest BCUT2D eigenvalue weighted by Crippen LogP contribution is -2.37. The molecule has 16 heavy (non-hydrogen) atoms. The first-order valence-corrected chi connectivity index (χ1v) is 5.52. The maximum absolute atomic E-state index is 13.1. The van der Waals surface area contributed by atoms with Crippen molar-refractivity contribution >= 4 is 11.6 Å². The molecule has 1 rings (SSSR count). The van der Waals surface area contributed by atoms with Gasteiger partial charge in [-0.05, 0) is 31.5 Å². The first-order chi connectivity index (χ1) is 7.69. The molecule has 0 fully saturated rings. The van der Waals surface area contributed by atoms with Crippen LogP contribution in [0.1, 0.15) is 20.3 Å². The van der Waals surface area contributed by atoms with Crippen molar-refractivity contribution in [1.82, 2.24) is 0 Å². The standard InChI is InChI=1S/C12H18FN3/c1-3-8-15-12(14)16(4-2)11-7-5-6-10(13)9-11/h5-7,9H,3-4,8H2,1-2H3,(H2,14,15). The number of aliphatic imine (C=N–C) groups is 1. The van der Waals surface area contributed by atoms with Crippen molar-refractivity contribution in [2.45, 2.75) is 20.3 Å². The van der Waals surface area contributed by atoms with Gasteiger partial charge in [0.1, 0.15) is 5.82 Å². The van der Waals surface area contributed by atoms with Crippen molar-refractivity contribution in [2.24, 2.45) is 10.7 Å². The molecule has 0 saturated carbocycles. The van der Waals surface area contributed by atoms with Gasteiger partial charge in [-0.3, -0.25) is 4.99 Å². The van der Waals surface area contributed by atoms with Gasteiger partial charge in [0.25, 0.3) is 0 Å². The average Bonchev–Trinajstić information content (AvgIpc) is 2.27. The molecule has 0 radical (unpaired) electrons. The Morgan fingerprint density at radius 3 is 2.75 bits per heavy atom. The molecule has 1 aromatic carbocycles. The predicted molar refractivity (Wildman–Crippen MR) is 66.2 cm³/mol. The van der Waals surface area contributed by atoms with Crippen LogP contribution in [-0.2, 0) is 0 Å². The van der Waals surface area contributed by atoms with Crippen LogP contribution >= 0.6 is 0 Å². The zero-order valence-electron chi connectivity index (χ0n) is 9.78. The molecular weight excluding hydrogens is 205 g/mol. The topological polar surface area (TPSA) is 41.6 Å². The molecule has 0 aliphatic carbocycles. The lowest BCUT2D eigenvalue weighted by molar-refractivity contribution is 0.627. The van der Waals surface area contributed by atoms with Crippen molar-refractivity contribution in [3.63, 3.8) is 0 Å². The molecule has 0 saturated heterocycles. The summed E-state index contributed by atoms with van der Waals surface area (Å²) >= 11 is 0. The van der Waals surface area contributed by atoms with Gasteiger partial charge in [0.15, 0.2) is 5.96 Å². The number of halogens is 1. The molecule has 0 heterocycles. The normalized spacial score (nSPS) is 11.6. The summed E-state index contributed by atoms with van der Waals surface area (Å²) in [6, 6.07) is 6.36. The third-order valence-corrected chi connectivity index (χ3v) is 2.21. The smallest absolute Gasteiger partial charge is 0.195 e. The van der Waals surface area contributed by atoms with Gasteiger partial charge in [-0.2, -0.15) is 0 Å². The largest absolute Gasteiger partial charge is 0.370 e. The van der Waals surface area contributed by atoms with Crippen molar-refractivity contribution < 1.29 is 4.39 Å². The number of rotatable bonds is 4. The van der Waals surface area contributed by atoms with Crippen LogP contribution in [0, 0.1) is 5.82 Å². The third kappa shape index (κ3) is 3.22. The monoisotopic (exact) mass is 223 g/mol. The minimum Gasteiger partial charge on any atom is -0.370 e. The third-order valence-electron chi connectivity index (χ3n) is 2.21. The SMILES string of the molecule is CCCN=C(N)N(CC)c1cccc(F)c1. The molecule has 3 nitrogen and oxygen atoms in total. The minimum atomic E-state index is -0.265. The lowest BCUT2D eigenvalue weighted by Gasteiger charge is -2.21. The van der Waals surface area contributed by atoms with E-state index >= 15 is 0 Å². The maximum atomic E-state index is 13.1. The zero-order valence-corrected chi connectivity index (χ0v) is 9.78. The van der Waals surface area contributed by atoms with E-state index in [9.17, 15) is 4.39 Å². The second-order valence-electron chi connectivity index (χ2n) is 3.46. The number of nitrogens with zero attached hydrogens (tertiary/aromatic N) is 2. The van der Waals surface area contributed by atoms with E-state index in [1.807, 2.05) is 19.9 Å². The Bertz CT molecular complexity index is 363. The summed E-state index contributed by atoms with van der Waals surface area (Å²) < 4.78 is 13.1. The summed E-state index contributed by atoms with van der Waals surface area (Å²) in [5, 5.41) is 0. The van der Waals surface area contributed by atoms with Gasteiger partial charge in [0.05, 0.1) is 0 Å². The lowest BCUT2D eigenvalue weighted by atomic mass is 10.3.